The van der Waals surface area contributed by atoms with Gasteiger partial charge in [-0.15, -0.1) is 0 Å². The summed E-state index contributed by atoms with van der Waals surface area (Å²) < 4.78 is 0.833. The van der Waals surface area contributed by atoms with E-state index >= 15 is 0 Å². The molecule has 3 N–H and O–H groups in total. The number of carboxylic acid groups (broad SMARTS) is 1. The highest BCUT2D eigenvalue weighted by atomic mass is 32.1. The first-order valence-corrected chi connectivity index (χ1v) is 13.2. The number of piperidine rings is 1. The van der Waals surface area contributed by atoms with Crippen molar-refractivity contribution in [2.24, 2.45) is 5.41 Å². The number of fused-ring (bicyclic) bond motifs is 1. The summed E-state index contributed by atoms with van der Waals surface area (Å²) in [5.74, 6) is 6.06. The molecular formula is C27H26N8O3S. The van der Waals surface area contributed by atoms with Crippen LogP contribution in [0.4, 0.5) is 15.9 Å². The molecule has 1 aliphatic rings. The molecule has 39 heavy (non-hydrogen) atoms. The van der Waals surface area contributed by atoms with Crippen molar-refractivity contribution in [2.75, 3.05) is 29.9 Å². The number of benzene rings is 1. The lowest BCUT2D eigenvalue weighted by molar-refractivity contribution is -0.149. The van der Waals surface area contributed by atoms with Crippen molar-refractivity contribution in [2.45, 2.75) is 26.7 Å². The van der Waals surface area contributed by atoms with E-state index < -0.39 is 11.4 Å². The minimum Gasteiger partial charge on any atom is -0.481 e. The lowest BCUT2D eigenvalue weighted by Gasteiger charge is -2.36. The molecule has 0 radical (unpaired) electrons. The summed E-state index contributed by atoms with van der Waals surface area (Å²) in [6.45, 7) is 5.29. The molecule has 1 fully saturated rings. The molecular weight excluding hydrogens is 516 g/mol. The van der Waals surface area contributed by atoms with Gasteiger partial charge in [-0.2, -0.15) is 0 Å². The molecule has 1 aliphatic heterocycles. The number of hydrogen-bond donors (Lipinski definition) is 3. The second kappa shape index (κ2) is 11.0. The van der Waals surface area contributed by atoms with Crippen LogP contribution in [-0.4, -0.2) is 61.7 Å². The van der Waals surface area contributed by atoms with Crippen molar-refractivity contribution >= 4 is 44.6 Å². The Kier molecular flexibility index (Phi) is 7.33. The Hall–Kier alpha value is -4.63. The summed E-state index contributed by atoms with van der Waals surface area (Å²) >= 11 is 1.34. The number of urea groups is 1. The van der Waals surface area contributed by atoms with E-state index in [9.17, 15) is 14.7 Å². The maximum absolute atomic E-state index is 12.1. The van der Waals surface area contributed by atoms with Crippen molar-refractivity contribution in [3.8, 4) is 23.0 Å². The van der Waals surface area contributed by atoms with Crippen molar-refractivity contribution in [3.63, 3.8) is 0 Å². The van der Waals surface area contributed by atoms with Crippen LogP contribution in [0, 0.1) is 17.3 Å². The number of aromatic nitrogens is 5. The summed E-state index contributed by atoms with van der Waals surface area (Å²) in [6, 6.07) is 5.27. The highest BCUT2D eigenvalue weighted by Gasteiger charge is 2.37. The number of carbonyl (C=O) groups is 2. The minimum absolute atomic E-state index is 0.323. The number of aliphatic carboxylic acids is 1. The smallest absolute Gasteiger partial charge is 0.321 e. The summed E-state index contributed by atoms with van der Waals surface area (Å²) in [6.07, 6.45) is 7.64. The fraction of sp³-hybridized carbons (Fsp3) is 0.296. The first-order chi connectivity index (χ1) is 18.8. The number of thiazole rings is 1. The number of carboxylic acids is 1. The van der Waals surface area contributed by atoms with Crippen molar-refractivity contribution < 1.29 is 14.7 Å². The number of nitrogens with one attached hydrogen (secondary N) is 2. The molecule has 2 amide bonds. The zero-order valence-corrected chi connectivity index (χ0v) is 22.2. The highest BCUT2D eigenvalue weighted by molar-refractivity contribution is 7.22. The molecule has 0 bridgehead atoms. The van der Waals surface area contributed by atoms with Gasteiger partial charge in [0, 0.05) is 49.4 Å². The van der Waals surface area contributed by atoms with Crippen LogP contribution in [0.1, 0.15) is 37.9 Å². The second-order valence-corrected chi connectivity index (χ2v) is 10.3. The zero-order chi connectivity index (χ0) is 27.4. The van der Waals surface area contributed by atoms with E-state index in [1.165, 1.54) is 17.7 Å². The Labute approximate surface area is 228 Å². The van der Waals surface area contributed by atoms with Crippen LogP contribution in [0.15, 0.2) is 43.1 Å². The molecule has 5 rings (SSSR count). The van der Waals surface area contributed by atoms with Crippen molar-refractivity contribution in [1.29, 1.82) is 0 Å². The number of hydrogen-bond acceptors (Lipinski definition) is 9. The molecule has 0 saturated carbocycles. The van der Waals surface area contributed by atoms with Gasteiger partial charge < -0.3 is 15.3 Å². The predicted molar refractivity (Wildman–Crippen MR) is 149 cm³/mol. The quantitative estimate of drug-likeness (QED) is 0.321. The molecule has 1 aromatic carbocycles. The highest BCUT2D eigenvalue weighted by Crippen LogP contribution is 2.34. The number of nitrogens with zero attached hydrogens (tertiary/aromatic N) is 6. The maximum atomic E-state index is 12.1. The zero-order valence-electron chi connectivity index (χ0n) is 21.4. The van der Waals surface area contributed by atoms with Gasteiger partial charge >= 0.3 is 12.0 Å². The van der Waals surface area contributed by atoms with Gasteiger partial charge in [-0.1, -0.05) is 17.3 Å². The first-order valence-electron chi connectivity index (χ1n) is 12.4. The van der Waals surface area contributed by atoms with E-state index in [1.54, 1.807) is 31.6 Å². The van der Waals surface area contributed by atoms with Crippen molar-refractivity contribution in [1.82, 2.24) is 30.2 Å². The summed E-state index contributed by atoms with van der Waals surface area (Å²) in [5.41, 5.74) is 2.90. The fourth-order valence-corrected chi connectivity index (χ4v) is 5.10. The first kappa shape index (κ1) is 26.0. The third kappa shape index (κ3) is 5.78. The Balaban J connectivity index is 1.45. The predicted octanol–water partition coefficient (Wildman–Crippen LogP) is 3.78. The van der Waals surface area contributed by atoms with Gasteiger partial charge in [0.1, 0.15) is 12.0 Å². The molecule has 198 valence electrons. The topological polar surface area (TPSA) is 146 Å². The molecule has 1 saturated heterocycles. The van der Waals surface area contributed by atoms with Gasteiger partial charge in [-0.3, -0.25) is 10.1 Å². The Morgan fingerprint density at radius 3 is 2.56 bits per heavy atom. The fourth-order valence-electron chi connectivity index (χ4n) is 4.19. The number of carbonyl (C=O) groups excluding carboxylic acids is 1. The van der Waals surface area contributed by atoms with Crippen LogP contribution in [0.2, 0.25) is 0 Å². The van der Waals surface area contributed by atoms with E-state index in [-0.39, 0.29) is 6.03 Å². The van der Waals surface area contributed by atoms with Gasteiger partial charge in [0.05, 0.1) is 15.6 Å². The lowest BCUT2D eigenvalue weighted by Crippen LogP contribution is -2.43. The molecule has 0 atom stereocenters. The van der Waals surface area contributed by atoms with E-state index in [4.69, 9.17) is 0 Å². The van der Waals surface area contributed by atoms with Crippen LogP contribution < -0.4 is 15.5 Å². The monoisotopic (exact) mass is 542 g/mol. The van der Waals surface area contributed by atoms with E-state index in [1.807, 2.05) is 24.0 Å². The van der Waals surface area contributed by atoms with E-state index in [0.717, 1.165) is 21.4 Å². The van der Waals surface area contributed by atoms with Crippen LogP contribution in [0.25, 0.3) is 21.3 Å². The van der Waals surface area contributed by atoms with Crippen LogP contribution >= 0.6 is 11.3 Å². The molecule has 11 nitrogen and oxygen atoms in total. The third-order valence-corrected chi connectivity index (χ3v) is 7.61. The Morgan fingerprint density at radius 2 is 1.90 bits per heavy atom. The average Bonchev–Trinajstić information content (AvgIpc) is 3.35. The molecule has 12 heteroatoms. The van der Waals surface area contributed by atoms with Gasteiger partial charge in [-0.05, 0) is 56.4 Å². The Bertz CT molecular complexity index is 1570. The van der Waals surface area contributed by atoms with Crippen LogP contribution in [-0.2, 0) is 4.79 Å². The largest absolute Gasteiger partial charge is 0.481 e. The SMILES string of the molecule is CCNC(=O)Nc1nc2cc(-c3cnc(N4CCC(C)(C(=O)O)CC4)nc3)cc(C#Cc3ccncn3)c2s1. The van der Waals surface area contributed by atoms with Crippen LogP contribution in [0.3, 0.4) is 0 Å². The normalized spacial score (nSPS) is 14.4. The molecule has 0 unspecified atom stereocenters. The van der Waals surface area contributed by atoms with E-state index in [0.29, 0.717) is 54.8 Å². The standard InChI is InChI=1S/C27H26N8O3S/c1-3-29-25(38)34-26-33-21-13-18(12-17(22(21)39-26)4-5-20-6-9-28-16-32-20)19-14-30-24(31-15-19)35-10-7-27(2,8-11-35)23(36)37/h6,9,12-16H,3,7-8,10-11H2,1-2H3,(H,36,37)(H2,29,33,34,38). The maximum Gasteiger partial charge on any atom is 0.321 e. The van der Waals surface area contributed by atoms with Gasteiger partial charge in [0.15, 0.2) is 5.13 Å². The summed E-state index contributed by atoms with van der Waals surface area (Å²) in [4.78, 5) is 47.5. The number of anilines is 2. The molecule has 4 aromatic rings. The third-order valence-electron chi connectivity index (χ3n) is 6.59. The summed E-state index contributed by atoms with van der Waals surface area (Å²) in [5, 5.41) is 15.4. The van der Waals surface area contributed by atoms with Gasteiger partial charge in [0.2, 0.25) is 5.95 Å². The molecule has 4 heterocycles. The minimum atomic E-state index is -0.765. The molecule has 0 spiro atoms. The van der Waals surface area contributed by atoms with Crippen molar-refractivity contribution in [3.05, 3.63) is 54.4 Å². The molecule has 0 aliphatic carbocycles. The Morgan fingerprint density at radius 1 is 1.13 bits per heavy atom. The second-order valence-electron chi connectivity index (χ2n) is 9.34. The van der Waals surface area contributed by atoms with Gasteiger partial charge in [0.25, 0.3) is 0 Å². The molecule has 3 aromatic heterocycles. The number of amides is 2. The van der Waals surface area contributed by atoms with Crippen LogP contribution in [0.5, 0.6) is 0 Å². The van der Waals surface area contributed by atoms with E-state index in [2.05, 4.69) is 47.4 Å². The van der Waals surface area contributed by atoms with Gasteiger partial charge in [-0.25, -0.2) is 29.7 Å². The number of rotatable bonds is 5. The lowest BCUT2D eigenvalue weighted by atomic mass is 9.80. The summed E-state index contributed by atoms with van der Waals surface area (Å²) in [7, 11) is 0. The average molecular weight is 543 g/mol.